The van der Waals surface area contributed by atoms with Gasteiger partial charge in [-0.2, -0.15) is 0 Å². The predicted molar refractivity (Wildman–Crippen MR) is 167 cm³/mol. The summed E-state index contributed by atoms with van der Waals surface area (Å²) in [4.78, 5) is 75.7. The van der Waals surface area contributed by atoms with Gasteiger partial charge in [0.15, 0.2) is 17.8 Å². The van der Waals surface area contributed by atoms with Crippen molar-refractivity contribution in [1.29, 1.82) is 0 Å². The molecule has 0 aromatic heterocycles. The molecule has 0 radical (unpaired) electrons. The normalized spacial score (nSPS) is 37.1. The molecule has 3 unspecified atom stereocenters. The molecule has 0 bridgehead atoms. The first-order chi connectivity index (χ1) is 22.3. The largest absolute Gasteiger partial charge is 0.461 e. The van der Waals surface area contributed by atoms with Crippen LogP contribution in [0.4, 0.5) is 0 Å². The zero-order valence-corrected chi connectivity index (χ0v) is 29.4. The average Bonchev–Trinajstić information content (AvgIpc) is 3.75. The van der Waals surface area contributed by atoms with E-state index in [2.05, 4.69) is 0 Å². The zero-order chi connectivity index (χ0) is 35.9. The van der Waals surface area contributed by atoms with Crippen LogP contribution >= 0.6 is 0 Å². The fourth-order valence-corrected chi connectivity index (χ4v) is 7.64. The van der Waals surface area contributed by atoms with Crippen LogP contribution in [0.1, 0.15) is 82.1 Å². The fourth-order valence-electron chi connectivity index (χ4n) is 7.64. The highest BCUT2D eigenvalue weighted by Crippen LogP contribution is 2.69. The molecule has 4 aliphatic rings. The van der Waals surface area contributed by atoms with Crippen molar-refractivity contribution in [3.8, 4) is 0 Å². The van der Waals surface area contributed by atoms with Crippen molar-refractivity contribution >= 4 is 35.8 Å². The second-order valence-electron chi connectivity index (χ2n) is 14.1. The summed E-state index contributed by atoms with van der Waals surface area (Å²) in [7, 11) is 0. The number of carbonyl (C=O) groups is 6. The number of carbonyl (C=O) groups excluding carboxylic acids is 6. The molecule has 0 amide bonds. The van der Waals surface area contributed by atoms with E-state index in [1.807, 2.05) is 33.8 Å². The minimum Gasteiger partial charge on any atom is -0.461 e. The number of ether oxygens (including phenoxy) is 7. The average molecular weight is 677 g/mol. The molecule has 4 rings (SSSR count). The van der Waals surface area contributed by atoms with Crippen molar-refractivity contribution in [3.05, 3.63) is 23.3 Å². The number of fused-ring (bicyclic) bond motifs is 1. The lowest BCUT2D eigenvalue weighted by atomic mass is 9.83. The van der Waals surface area contributed by atoms with Gasteiger partial charge in [0, 0.05) is 51.7 Å². The van der Waals surface area contributed by atoms with E-state index in [0.29, 0.717) is 12.0 Å². The van der Waals surface area contributed by atoms with Gasteiger partial charge in [0.2, 0.25) is 0 Å². The van der Waals surface area contributed by atoms with Crippen LogP contribution < -0.4 is 0 Å². The summed E-state index contributed by atoms with van der Waals surface area (Å²) in [5.74, 6) is -5.22. The Labute approximate surface area is 281 Å². The Morgan fingerprint density at radius 3 is 1.92 bits per heavy atom. The Kier molecular flexibility index (Phi) is 10.5. The summed E-state index contributed by atoms with van der Waals surface area (Å²) < 4.78 is 41.7. The van der Waals surface area contributed by atoms with Crippen LogP contribution in [0.5, 0.6) is 0 Å². The van der Waals surface area contributed by atoms with E-state index in [1.165, 1.54) is 34.6 Å². The first kappa shape index (κ1) is 37.1. The zero-order valence-electron chi connectivity index (χ0n) is 29.4. The Balaban J connectivity index is 2.06. The third-order valence-corrected chi connectivity index (χ3v) is 10.1. The van der Waals surface area contributed by atoms with Gasteiger partial charge in [0.1, 0.15) is 31.0 Å². The summed E-state index contributed by atoms with van der Waals surface area (Å²) in [6.45, 7) is 15.0. The van der Waals surface area contributed by atoms with Crippen LogP contribution in [-0.2, 0) is 61.9 Å². The number of hydrogen-bond acceptors (Lipinski definition) is 13. The Morgan fingerprint density at radius 2 is 1.40 bits per heavy atom. The molecule has 13 heteroatoms. The van der Waals surface area contributed by atoms with E-state index in [4.69, 9.17) is 33.2 Å². The highest BCUT2D eigenvalue weighted by atomic mass is 16.7. The maximum absolute atomic E-state index is 13.5. The van der Waals surface area contributed by atoms with Crippen molar-refractivity contribution < 1.29 is 61.9 Å². The van der Waals surface area contributed by atoms with E-state index in [9.17, 15) is 28.8 Å². The lowest BCUT2D eigenvalue weighted by Crippen LogP contribution is -2.44. The molecule has 0 aromatic carbocycles. The fraction of sp³-hybridized carbons (Fsp3) is 0.714. The third kappa shape index (κ3) is 7.02. The third-order valence-electron chi connectivity index (χ3n) is 10.1. The van der Waals surface area contributed by atoms with E-state index < -0.39 is 88.7 Å². The van der Waals surface area contributed by atoms with Crippen molar-refractivity contribution in [2.45, 2.75) is 118 Å². The Bertz CT molecular complexity index is 1410. The highest BCUT2D eigenvalue weighted by molar-refractivity contribution is 5.73. The second kappa shape index (κ2) is 13.6. The van der Waals surface area contributed by atoms with Crippen molar-refractivity contribution in [1.82, 2.24) is 0 Å². The topological polar surface area (TPSA) is 170 Å². The number of esters is 6. The van der Waals surface area contributed by atoms with E-state index in [0.717, 1.165) is 0 Å². The lowest BCUT2D eigenvalue weighted by molar-refractivity contribution is -0.169. The molecule has 1 heterocycles. The standard InChI is InChI=1S/C35H48O13/c1-11-17(2)32(41)47-28-25(16-43-20(5)37)14-35-30(45-22(7)39)18(3)13-34(35,48-35)31(46-23(8)40)24(15-42-19(4)36)12-26-27(33(26,9)10)29(28)44-21(6)38/h12,14,17-18,26-31H,11,13,15-16H2,1-10H3/b24-12+,25-14+/t17?,18-,26+,27+,28+,29?,30-,31?,34-,35-/m0/s1. The quantitative estimate of drug-likeness (QED) is 0.143. The molecule has 48 heavy (non-hydrogen) atoms. The van der Waals surface area contributed by atoms with E-state index in [-0.39, 0.29) is 37.0 Å². The molecule has 0 spiro atoms. The summed E-state index contributed by atoms with van der Waals surface area (Å²) >= 11 is 0. The van der Waals surface area contributed by atoms with Crippen molar-refractivity contribution in [3.63, 3.8) is 0 Å². The van der Waals surface area contributed by atoms with Gasteiger partial charge in [-0.1, -0.05) is 40.7 Å². The molecule has 1 aliphatic heterocycles. The molecular weight excluding hydrogens is 628 g/mol. The van der Waals surface area contributed by atoms with Gasteiger partial charge in [-0.25, -0.2) is 0 Å². The van der Waals surface area contributed by atoms with Gasteiger partial charge in [-0.15, -0.1) is 0 Å². The lowest BCUT2D eigenvalue weighted by Gasteiger charge is -2.32. The molecule has 0 aromatic rings. The van der Waals surface area contributed by atoms with E-state index in [1.54, 1.807) is 13.0 Å². The van der Waals surface area contributed by atoms with Crippen LogP contribution in [0, 0.1) is 29.1 Å². The molecule has 1 saturated heterocycles. The van der Waals surface area contributed by atoms with Crippen LogP contribution in [-0.4, -0.2) is 84.6 Å². The molecule has 10 atom stereocenters. The first-order valence-electron chi connectivity index (χ1n) is 16.4. The maximum Gasteiger partial charge on any atom is 0.309 e. The van der Waals surface area contributed by atoms with Crippen molar-refractivity contribution in [2.24, 2.45) is 29.1 Å². The second-order valence-corrected chi connectivity index (χ2v) is 14.1. The number of hydrogen-bond donors (Lipinski definition) is 0. The molecular formula is C35H48O13. The van der Waals surface area contributed by atoms with Gasteiger partial charge >= 0.3 is 35.8 Å². The maximum atomic E-state index is 13.5. The predicted octanol–water partition coefficient (Wildman–Crippen LogP) is 3.55. The van der Waals surface area contributed by atoms with Crippen LogP contribution in [0.2, 0.25) is 0 Å². The molecule has 3 fully saturated rings. The highest BCUT2D eigenvalue weighted by Gasteiger charge is 2.83. The first-order valence-corrected chi connectivity index (χ1v) is 16.4. The van der Waals surface area contributed by atoms with Crippen molar-refractivity contribution in [2.75, 3.05) is 13.2 Å². The smallest absolute Gasteiger partial charge is 0.309 e. The number of rotatable bonds is 10. The summed E-state index contributed by atoms with van der Waals surface area (Å²) in [6.07, 6.45) is -0.138. The number of allylic oxidation sites excluding steroid dienone is 1. The van der Waals surface area contributed by atoms with Gasteiger partial charge in [-0.3, -0.25) is 28.8 Å². The molecule has 0 N–H and O–H groups in total. The number of epoxide rings is 1. The van der Waals surface area contributed by atoms with Gasteiger partial charge in [-0.05, 0) is 36.2 Å². The SMILES string of the molecule is CCC(C)C(=O)O[C@@H]1/C(COC(C)=O)=C/[C@@]23O[C@@]2(C[C@H](C)[C@@H]3OC(C)=O)C(OC(C)=O)/C(COC(C)=O)=C/[C@@H]2[C@H](C1OC(C)=O)C2(C)C. The summed E-state index contributed by atoms with van der Waals surface area (Å²) in [5.41, 5.74) is -2.68. The molecule has 2 saturated carbocycles. The molecule has 3 aliphatic carbocycles. The monoisotopic (exact) mass is 676 g/mol. The Morgan fingerprint density at radius 1 is 0.833 bits per heavy atom. The summed E-state index contributed by atoms with van der Waals surface area (Å²) in [5, 5.41) is 0. The molecule has 266 valence electrons. The van der Waals surface area contributed by atoms with Gasteiger partial charge in [0.25, 0.3) is 0 Å². The minimum atomic E-state index is -1.48. The van der Waals surface area contributed by atoms with Crippen LogP contribution in [0.3, 0.4) is 0 Å². The van der Waals surface area contributed by atoms with Crippen LogP contribution in [0.25, 0.3) is 0 Å². The molecule has 13 nitrogen and oxygen atoms in total. The minimum absolute atomic E-state index is 0.241. The Hall–Kier alpha value is -3.74. The van der Waals surface area contributed by atoms with Crippen LogP contribution in [0.15, 0.2) is 23.3 Å². The van der Waals surface area contributed by atoms with Gasteiger partial charge in [0.05, 0.1) is 5.92 Å². The summed E-state index contributed by atoms with van der Waals surface area (Å²) in [6, 6.07) is 0. The van der Waals surface area contributed by atoms with Gasteiger partial charge < -0.3 is 33.2 Å². The van der Waals surface area contributed by atoms with E-state index >= 15 is 0 Å².